The molecule has 1 heterocycles. The molecule has 1 aromatic heterocycles. The van der Waals surface area contributed by atoms with Crippen LogP contribution in [0.3, 0.4) is 0 Å². The molecule has 0 unspecified atom stereocenters. The number of carbonyl (C=O) groups is 1. The Morgan fingerprint density at radius 2 is 1.79 bits per heavy atom. The summed E-state index contributed by atoms with van der Waals surface area (Å²) in [5.41, 5.74) is 1.86. The predicted molar refractivity (Wildman–Crippen MR) is 117 cm³/mol. The monoisotopic (exact) mass is 464 g/mol. The molecule has 0 saturated heterocycles. The van der Waals surface area contributed by atoms with Crippen molar-refractivity contribution < 1.29 is 4.79 Å². The van der Waals surface area contributed by atoms with Crippen molar-refractivity contribution in [2.75, 3.05) is 5.32 Å². The minimum atomic E-state index is -0.628. The van der Waals surface area contributed by atoms with Crippen LogP contribution in [0.4, 0.5) is 5.69 Å². The van der Waals surface area contributed by atoms with Crippen molar-refractivity contribution in [3.63, 3.8) is 0 Å². The molecule has 0 fully saturated rings. The van der Waals surface area contributed by atoms with E-state index in [1.54, 1.807) is 31.2 Å². The van der Waals surface area contributed by atoms with Gasteiger partial charge < -0.3 is 5.32 Å². The van der Waals surface area contributed by atoms with Crippen LogP contribution in [0.1, 0.15) is 11.3 Å². The summed E-state index contributed by atoms with van der Waals surface area (Å²) in [6, 6.07) is 13.5. The maximum absolute atomic E-state index is 12.5. The van der Waals surface area contributed by atoms with Crippen LogP contribution in [-0.2, 0) is 4.79 Å². The van der Waals surface area contributed by atoms with E-state index in [-0.39, 0.29) is 10.7 Å². The lowest BCUT2D eigenvalue weighted by atomic mass is 10.1. The Hall–Kier alpha value is -2.49. The van der Waals surface area contributed by atoms with Crippen LogP contribution in [0.25, 0.3) is 11.8 Å². The van der Waals surface area contributed by atoms with E-state index in [1.165, 1.54) is 29.0 Å². The van der Waals surface area contributed by atoms with Crippen molar-refractivity contribution in [3.8, 4) is 11.8 Å². The number of benzene rings is 2. The van der Waals surface area contributed by atoms with Gasteiger partial charge in [0.25, 0.3) is 5.91 Å². The number of aryl methyl sites for hydroxylation is 1. The third-order valence-electron chi connectivity index (χ3n) is 3.87. The van der Waals surface area contributed by atoms with Crippen LogP contribution in [0.5, 0.6) is 0 Å². The SMILES string of the molecule is Cc1nn(-c2cccc(Cl)c2)c(Cl)c1C=C(C#N)C(=O)Nc1cc(Cl)cc(Cl)c1. The smallest absolute Gasteiger partial charge is 0.266 e. The summed E-state index contributed by atoms with van der Waals surface area (Å²) in [4.78, 5) is 12.5. The topological polar surface area (TPSA) is 70.7 Å². The predicted octanol–water partition coefficient (Wildman–Crippen LogP) is 6.34. The van der Waals surface area contributed by atoms with E-state index in [0.717, 1.165) is 0 Å². The van der Waals surface area contributed by atoms with Gasteiger partial charge in [-0.15, -0.1) is 0 Å². The van der Waals surface area contributed by atoms with Crippen LogP contribution in [0.2, 0.25) is 20.2 Å². The zero-order valence-corrected chi connectivity index (χ0v) is 17.9. The molecule has 3 aromatic rings. The molecule has 2 aromatic carbocycles. The number of rotatable bonds is 4. The number of carbonyl (C=O) groups excluding carboxylic acids is 1. The molecule has 0 aliphatic rings. The van der Waals surface area contributed by atoms with E-state index in [1.807, 2.05) is 6.07 Å². The highest BCUT2D eigenvalue weighted by atomic mass is 35.5. The van der Waals surface area contributed by atoms with E-state index in [4.69, 9.17) is 46.4 Å². The number of hydrogen-bond donors (Lipinski definition) is 1. The summed E-state index contributed by atoms with van der Waals surface area (Å²) in [6.07, 6.45) is 1.38. The Morgan fingerprint density at radius 3 is 2.41 bits per heavy atom. The molecule has 9 heteroatoms. The second-order valence-electron chi connectivity index (χ2n) is 5.96. The lowest BCUT2D eigenvalue weighted by Crippen LogP contribution is -2.13. The zero-order chi connectivity index (χ0) is 21.1. The maximum Gasteiger partial charge on any atom is 0.266 e. The normalized spacial score (nSPS) is 11.2. The molecule has 29 heavy (non-hydrogen) atoms. The minimum absolute atomic E-state index is 0.156. The van der Waals surface area contributed by atoms with Gasteiger partial charge in [0.1, 0.15) is 16.8 Å². The second-order valence-corrected chi connectivity index (χ2v) is 7.63. The molecule has 0 saturated carbocycles. The fourth-order valence-corrected chi connectivity index (χ4v) is 3.61. The summed E-state index contributed by atoms with van der Waals surface area (Å²) in [6.45, 7) is 1.72. The molecule has 0 atom stereocenters. The van der Waals surface area contributed by atoms with Crippen molar-refractivity contribution in [1.29, 1.82) is 5.26 Å². The molecule has 0 radical (unpaired) electrons. The van der Waals surface area contributed by atoms with E-state index in [2.05, 4.69) is 10.4 Å². The number of nitriles is 1. The molecule has 0 aliphatic carbocycles. The van der Waals surface area contributed by atoms with Crippen molar-refractivity contribution in [2.24, 2.45) is 0 Å². The average molecular weight is 466 g/mol. The van der Waals surface area contributed by atoms with E-state index in [0.29, 0.717) is 37.7 Å². The largest absolute Gasteiger partial charge is 0.321 e. The Labute approximate surface area is 187 Å². The maximum atomic E-state index is 12.5. The summed E-state index contributed by atoms with van der Waals surface area (Å²) in [5.74, 6) is -0.628. The number of halogens is 4. The van der Waals surface area contributed by atoms with E-state index < -0.39 is 5.91 Å². The number of nitrogens with one attached hydrogen (secondary N) is 1. The van der Waals surface area contributed by atoms with Crippen molar-refractivity contribution in [1.82, 2.24) is 9.78 Å². The van der Waals surface area contributed by atoms with Gasteiger partial charge in [0.05, 0.1) is 11.4 Å². The third-order valence-corrected chi connectivity index (χ3v) is 4.91. The zero-order valence-electron chi connectivity index (χ0n) is 14.9. The second kappa shape index (κ2) is 8.89. The fourth-order valence-electron chi connectivity index (χ4n) is 2.57. The van der Waals surface area contributed by atoms with Gasteiger partial charge in [-0.25, -0.2) is 4.68 Å². The first-order chi connectivity index (χ1) is 13.8. The molecule has 0 spiro atoms. The third kappa shape index (κ3) is 4.92. The van der Waals surface area contributed by atoms with Gasteiger partial charge in [-0.2, -0.15) is 10.4 Å². The lowest BCUT2D eigenvalue weighted by molar-refractivity contribution is -0.112. The lowest BCUT2D eigenvalue weighted by Gasteiger charge is -2.06. The first-order valence-corrected chi connectivity index (χ1v) is 9.70. The van der Waals surface area contributed by atoms with Crippen LogP contribution in [0, 0.1) is 18.3 Å². The average Bonchev–Trinajstić information content (AvgIpc) is 2.92. The Kier molecular flexibility index (Phi) is 6.51. The van der Waals surface area contributed by atoms with Crippen LogP contribution < -0.4 is 5.32 Å². The van der Waals surface area contributed by atoms with Gasteiger partial charge in [-0.3, -0.25) is 4.79 Å². The van der Waals surface area contributed by atoms with Gasteiger partial charge in [-0.05, 0) is 49.4 Å². The summed E-state index contributed by atoms with van der Waals surface area (Å²) < 4.78 is 1.48. The Bertz CT molecular complexity index is 1160. The molecule has 1 amide bonds. The van der Waals surface area contributed by atoms with Crippen LogP contribution in [-0.4, -0.2) is 15.7 Å². The number of anilines is 1. The first kappa shape index (κ1) is 21.2. The van der Waals surface area contributed by atoms with Crippen molar-refractivity contribution in [2.45, 2.75) is 6.92 Å². The number of aromatic nitrogens is 2. The molecule has 146 valence electrons. The molecular weight excluding hydrogens is 454 g/mol. The quantitative estimate of drug-likeness (QED) is 0.361. The Morgan fingerprint density at radius 1 is 1.10 bits per heavy atom. The standard InChI is InChI=1S/C20H12Cl4N4O/c1-11-18(19(24)28(27-11)17-4-2-3-13(21)9-17)5-12(10-25)20(29)26-16-7-14(22)6-15(23)8-16/h2-9H,1H3,(H,26,29). The highest BCUT2D eigenvalue weighted by Crippen LogP contribution is 2.27. The fraction of sp³-hybridized carbons (Fsp3) is 0.0500. The van der Waals surface area contributed by atoms with Gasteiger partial charge in [0, 0.05) is 26.3 Å². The van der Waals surface area contributed by atoms with Crippen molar-refractivity contribution in [3.05, 3.63) is 79.5 Å². The first-order valence-electron chi connectivity index (χ1n) is 8.19. The molecule has 0 bridgehead atoms. The highest BCUT2D eigenvalue weighted by Gasteiger charge is 2.17. The number of hydrogen-bond acceptors (Lipinski definition) is 3. The van der Waals surface area contributed by atoms with Gasteiger partial charge >= 0.3 is 0 Å². The summed E-state index contributed by atoms with van der Waals surface area (Å²) in [5, 5.41) is 17.9. The highest BCUT2D eigenvalue weighted by molar-refractivity contribution is 6.35. The Balaban J connectivity index is 1.95. The molecule has 5 nitrogen and oxygen atoms in total. The van der Waals surface area contributed by atoms with Crippen LogP contribution >= 0.6 is 46.4 Å². The van der Waals surface area contributed by atoms with Crippen molar-refractivity contribution >= 4 is 64.1 Å². The number of amides is 1. The number of nitrogens with zero attached hydrogens (tertiary/aromatic N) is 3. The molecule has 3 rings (SSSR count). The summed E-state index contributed by atoms with van der Waals surface area (Å²) >= 11 is 24.4. The molecule has 1 N–H and O–H groups in total. The molecular formula is C20H12Cl4N4O. The van der Waals surface area contributed by atoms with E-state index >= 15 is 0 Å². The van der Waals surface area contributed by atoms with Gasteiger partial charge in [-0.1, -0.05) is 52.5 Å². The van der Waals surface area contributed by atoms with Crippen LogP contribution in [0.15, 0.2) is 48.0 Å². The summed E-state index contributed by atoms with van der Waals surface area (Å²) in [7, 11) is 0. The van der Waals surface area contributed by atoms with Gasteiger partial charge in [0.15, 0.2) is 0 Å². The van der Waals surface area contributed by atoms with Gasteiger partial charge in [0.2, 0.25) is 0 Å². The minimum Gasteiger partial charge on any atom is -0.321 e. The van der Waals surface area contributed by atoms with E-state index in [9.17, 15) is 10.1 Å². The molecule has 0 aliphatic heterocycles.